The van der Waals surface area contributed by atoms with E-state index in [0.29, 0.717) is 0 Å². The van der Waals surface area contributed by atoms with E-state index in [9.17, 15) is 9.90 Å². The van der Waals surface area contributed by atoms with Gasteiger partial charge in [-0.05, 0) is 17.5 Å². The van der Waals surface area contributed by atoms with E-state index in [0.717, 1.165) is 5.69 Å². The lowest BCUT2D eigenvalue weighted by molar-refractivity contribution is -0.119. The van der Waals surface area contributed by atoms with E-state index in [2.05, 4.69) is 10.1 Å². The zero-order valence-electron chi connectivity index (χ0n) is 13.2. The highest BCUT2D eigenvalue weighted by molar-refractivity contribution is 5.93. The third-order valence-electron chi connectivity index (χ3n) is 3.49. The van der Waals surface area contributed by atoms with Crippen molar-refractivity contribution in [2.24, 2.45) is 5.41 Å². The number of aromatic nitrogens is 3. The monoisotopic (exact) mass is 302 g/mol. The Labute approximate surface area is 130 Å². The molecule has 1 atom stereocenters. The first-order chi connectivity index (χ1) is 10.4. The third kappa shape index (κ3) is 4.14. The summed E-state index contributed by atoms with van der Waals surface area (Å²) in [5.41, 5.74) is 0.455. The number of para-hydroxylation sites is 1. The highest BCUT2D eigenvalue weighted by atomic mass is 16.3. The van der Waals surface area contributed by atoms with Gasteiger partial charge in [0.2, 0.25) is 5.91 Å². The van der Waals surface area contributed by atoms with Crippen molar-refractivity contribution in [2.75, 3.05) is 11.4 Å². The van der Waals surface area contributed by atoms with Gasteiger partial charge in [0.1, 0.15) is 19.2 Å². The molecule has 118 valence electrons. The van der Waals surface area contributed by atoms with Crippen molar-refractivity contribution < 1.29 is 9.90 Å². The molecule has 0 saturated heterocycles. The molecule has 0 radical (unpaired) electrons. The number of anilines is 1. The van der Waals surface area contributed by atoms with E-state index < -0.39 is 6.10 Å². The van der Waals surface area contributed by atoms with Crippen LogP contribution in [0.15, 0.2) is 43.0 Å². The molecule has 0 spiro atoms. The van der Waals surface area contributed by atoms with Crippen molar-refractivity contribution in [1.82, 2.24) is 14.8 Å². The molecule has 0 fully saturated rings. The SMILES string of the molecule is CC(C)(C)C(O)CN(C(=O)Cn1cncn1)c1ccccc1. The highest BCUT2D eigenvalue weighted by Crippen LogP contribution is 2.23. The van der Waals surface area contributed by atoms with Crippen LogP contribution >= 0.6 is 0 Å². The smallest absolute Gasteiger partial charge is 0.248 e. The summed E-state index contributed by atoms with van der Waals surface area (Å²) in [6, 6.07) is 9.34. The van der Waals surface area contributed by atoms with Crippen molar-refractivity contribution >= 4 is 11.6 Å². The Balaban J connectivity index is 2.20. The summed E-state index contributed by atoms with van der Waals surface area (Å²) < 4.78 is 1.47. The number of rotatable bonds is 5. The minimum absolute atomic E-state index is 0.0890. The number of benzene rings is 1. The van der Waals surface area contributed by atoms with E-state index in [1.54, 1.807) is 4.90 Å². The second-order valence-electron chi connectivity index (χ2n) is 6.31. The molecular weight excluding hydrogens is 280 g/mol. The van der Waals surface area contributed by atoms with E-state index in [4.69, 9.17) is 0 Å². The largest absolute Gasteiger partial charge is 0.391 e. The zero-order valence-corrected chi connectivity index (χ0v) is 13.2. The molecule has 0 saturated carbocycles. The number of carbonyl (C=O) groups is 1. The van der Waals surface area contributed by atoms with Crippen LogP contribution in [0, 0.1) is 5.41 Å². The number of nitrogens with zero attached hydrogens (tertiary/aromatic N) is 4. The number of aliphatic hydroxyl groups is 1. The van der Waals surface area contributed by atoms with Crippen LogP contribution in [0.3, 0.4) is 0 Å². The van der Waals surface area contributed by atoms with Crippen molar-refractivity contribution in [3.8, 4) is 0 Å². The lowest BCUT2D eigenvalue weighted by Crippen LogP contribution is -2.44. The van der Waals surface area contributed by atoms with Gasteiger partial charge in [-0.15, -0.1) is 0 Å². The third-order valence-corrected chi connectivity index (χ3v) is 3.49. The first-order valence-electron chi connectivity index (χ1n) is 7.24. The summed E-state index contributed by atoms with van der Waals surface area (Å²) in [6.07, 6.45) is 2.26. The van der Waals surface area contributed by atoms with E-state index in [-0.39, 0.29) is 24.4 Å². The fourth-order valence-corrected chi connectivity index (χ4v) is 1.94. The minimum Gasteiger partial charge on any atom is -0.391 e. The Morgan fingerprint density at radius 1 is 1.32 bits per heavy atom. The van der Waals surface area contributed by atoms with Gasteiger partial charge in [0.15, 0.2) is 0 Å². The molecule has 2 aromatic rings. The maximum absolute atomic E-state index is 12.6. The van der Waals surface area contributed by atoms with Gasteiger partial charge in [0.05, 0.1) is 12.6 Å². The van der Waals surface area contributed by atoms with Gasteiger partial charge in [-0.25, -0.2) is 9.67 Å². The van der Waals surface area contributed by atoms with Gasteiger partial charge in [-0.3, -0.25) is 4.79 Å². The number of hydrogen-bond donors (Lipinski definition) is 1. The molecule has 1 unspecified atom stereocenters. The Morgan fingerprint density at radius 3 is 2.55 bits per heavy atom. The quantitative estimate of drug-likeness (QED) is 0.913. The maximum Gasteiger partial charge on any atom is 0.248 e. The van der Waals surface area contributed by atoms with E-state index in [1.165, 1.54) is 17.3 Å². The van der Waals surface area contributed by atoms with Crippen LogP contribution in [-0.2, 0) is 11.3 Å². The second-order valence-corrected chi connectivity index (χ2v) is 6.31. The predicted molar refractivity (Wildman–Crippen MR) is 84.3 cm³/mol. The summed E-state index contributed by atoms with van der Waals surface area (Å²) in [4.78, 5) is 18.0. The van der Waals surface area contributed by atoms with Gasteiger partial charge in [-0.2, -0.15) is 5.10 Å². The zero-order chi connectivity index (χ0) is 16.2. The van der Waals surface area contributed by atoms with Gasteiger partial charge < -0.3 is 10.0 Å². The molecule has 1 aromatic heterocycles. The summed E-state index contributed by atoms with van der Waals surface area (Å²) in [7, 11) is 0. The molecule has 1 amide bonds. The molecule has 0 aliphatic rings. The second kappa shape index (κ2) is 6.70. The number of aliphatic hydroxyl groups excluding tert-OH is 1. The molecule has 1 aromatic carbocycles. The van der Waals surface area contributed by atoms with Crippen LogP contribution < -0.4 is 4.90 Å². The molecule has 22 heavy (non-hydrogen) atoms. The molecule has 0 aliphatic heterocycles. The highest BCUT2D eigenvalue weighted by Gasteiger charge is 2.27. The Hall–Kier alpha value is -2.21. The summed E-state index contributed by atoms with van der Waals surface area (Å²) in [5.74, 6) is -0.139. The van der Waals surface area contributed by atoms with E-state index >= 15 is 0 Å². The molecule has 0 aliphatic carbocycles. The molecule has 6 heteroatoms. The van der Waals surface area contributed by atoms with Crippen molar-refractivity contribution in [2.45, 2.75) is 33.4 Å². The van der Waals surface area contributed by atoms with Crippen molar-refractivity contribution in [3.05, 3.63) is 43.0 Å². The number of amides is 1. The number of hydrogen-bond acceptors (Lipinski definition) is 4. The van der Waals surface area contributed by atoms with Gasteiger partial charge in [0, 0.05) is 5.69 Å². The fraction of sp³-hybridized carbons (Fsp3) is 0.438. The fourth-order valence-electron chi connectivity index (χ4n) is 1.94. The first-order valence-corrected chi connectivity index (χ1v) is 7.24. The van der Waals surface area contributed by atoms with Crippen LogP contribution in [0.25, 0.3) is 0 Å². The predicted octanol–water partition coefficient (Wildman–Crippen LogP) is 1.72. The van der Waals surface area contributed by atoms with Gasteiger partial charge in [-0.1, -0.05) is 39.0 Å². The van der Waals surface area contributed by atoms with Crippen LogP contribution in [0.5, 0.6) is 0 Å². The Bertz CT molecular complexity index is 590. The normalized spacial score (nSPS) is 12.9. The summed E-state index contributed by atoms with van der Waals surface area (Å²) >= 11 is 0. The summed E-state index contributed by atoms with van der Waals surface area (Å²) in [6.45, 7) is 6.17. The summed E-state index contributed by atoms with van der Waals surface area (Å²) in [5, 5.41) is 14.3. The molecule has 6 nitrogen and oxygen atoms in total. The molecular formula is C16H22N4O2. The Morgan fingerprint density at radius 2 is 2.00 bits per heavy atom. The lowest BCUT2D eigenvalue weighted by atomic mass is 9.89. The molecule has 1 heterocycles. The maximum atomic E-state index is 12.6. The van der Waals surface area contributed by atoms with E-state index in [1.807, 2.05) is 51.1 Å². The average Bonchev–Trinajstić information content (AvgIpc) is 2.97. The minimum atomic E-state index is -0.632. The van der Waals surface area contributed by atoms with Crippen LogP contribution in [0.2, 0.25) is 0 Å². The molecule has 2 rings (SSSR count). The van der Waals surface area contributed by atoms with Crippen molar-refractivity contribution in [3.63, 3.8) is 0 Å². The first kappa shape index (κ1) is 16.2. The topological polar surface area (TPSA) is 71.2 Å². The van der Waals surface area contributed by atoms with Crippen LogP contribution in [-0.4, -0.2) is 38.4 Å². The Kier molecular flexibility index (Phi) is 4.92. The van der Waals surface area contributed by atoms with Gasteiger partial charge >= 0.3 is 0 Å². The average molecular weight is 302 g/mol. The molecule has 1 N–H and O–H groups in total. The lowest BCUT2D eigenvalue weighted by Gasteiger charge is -2.32. The van der Waals surface area contributed by atoms with Crippen LogP contribution in [0.1, 0.15) is 20.8 Å². The van der Waals surface area contributed by atoms with Gasteiger partial charge in [0.25, 0.3) is 0 Å². The number of carbonyl (C=O) groups excluding carboxylic acids is 1. The molecule has 0 bridgehead atoms. The van der Waals surface area contributed by atoms with Crippen molar-refractivity contribution in [1.29, 1.82) is 0 Å². The standard InChI is InChI=1S/C16H22N4O2/c1-16(2,3)14(21)9-20(13-7-5-4-6-8-13)15(22)10-19-12-17-11-18-19/h4-8,11-12,14,21H,9-10H2,1-3H3. The van der Waals surface area contributed by atoms with Crippen LogP contribution in [0.4, 0.5) is 5.69 Å².